The number of nitrogens with one attached hydrogen (secondary N) is 1. The molecule has 1 N–H and O–H groups in total. The second kappa shape index (κ2) is 2.62. The number of amides is 1. The number of carbonyl (C=O) groups excluding carboxylic acids is 1. The minimum atomic E-state index is 0.00639. The Bertz CT molecular complexity index is 206. The van der Waals surface area contributed by atoms with Gasteiger partial charge in [0.2, 0.25) is 5.91 Å². The maximum atomic E-state index is 10.7. The predicted molar refractivity (Wildman–Crippen MR) is 39.4 cm³/mol. The van der Waals surface area contributed by atoms with Gasteiger partial charge in [-0.3, -0.25) is 9.79 Å². The molecule has 0 aliphatic carbocycles. The maximum Gasteiger partial charge on any atom is 0.247 e. The molecule has 4 heteroatoms. The summed E-state index contributed by atoms with van der Waals surface area (Å²) in [6.45, 7) is 1.80. The number of ether oxygens (including phenoxy) is 1. The molecule has 2 aliphatic heterocycles. The molecule has 1 unspecified atom stereocenters. The third-order valence-corrected chi connectivity index (χ3v) is 1.98. The van der Waals surface area contributed by atoms with Crippen LogP contribution < -0.4 is 5.32 Å². The lowest BCUT2D eigenvalue weighted by Crippen LogP contribution is -2.30. The van der Waals surface area contributed by atoms with E-state index in [1.54, 1.807) is 0 Å². The summed E-state index contributed by atoms with van der Waals surface area (Å²) < 4.78 is 5.17. The summed E-state index contributed by atoms with van der Waals surface area (Å²) >= 11 is 0. The fourth-order valence-corrected chi connectivity index (χ4v) is 1.36. The summed E-state index contributed by atoms with van der Waals surface area (Å²) in [5, 5.41) is 2.73. The zero-order valence-corrected chi connectivity index (χ0v) is 6.17. The fourth-order valence-electron chi connectivity index (χ4n) is 1.36. The Morgan fingerprint density at radius 1 is 1.64 bits per heavy atom. The Morgan fingerprint density at radius 3 is 3.09 bits per heavy atom. The first-order valence-corrected chi connectivity index (χ1v) is 3.78. The zero-order chi connectivity index (χ0) is 7.68. The van der Waals surface area contributed by atoms with Gasteiger partial charge >= 0.3 is 0 Å². The number of hydrogen-bond donors (Lipinski definition) is 1. The van der Waals surface area contributed by atoms with Crippen molar-refractivity contribution in [3.8, 4) is 0 Å². The normalized spacial score (nSPS) is 30.4. The van der Waals surface area contributed by atoms with E-state index in [2.05, 4.69) is 10.3 Å². The van der Waals surface area contributed by atoms with Gasteiger partial charge in [0.15, 0.2) is 0 Å². The molecule has 0 saturated carbocycles. The van der Waals surface area contributed by atoms with Crippen molar-refractivity contribution in [3.63, 3.8) is 0 Å². The first-order valence-electron chi connectivity index (χ1n) is 3.78. The Kier molecular flexibility index (Phi) is 1.62. The highest BCUT2D eigenvalue weighted by Gasteiger charge is 2.25. The van der Waals surface area contributed by atoms with Crippen LogP contribution >= 0.6 is 0 Å². The third-order valence-electron chi connectivity index (χ3n) is 1.98. The van der Waals surface area contributed by atoms with Gasteiger partial charge in [-0.25, -0.2) is 0 Å². The molecular formula is C7H10N2O2. The lowest BCUT2D eigenvalue weighted by molar-refractivity contribution is -0.117. The second-order valence-corrected chi connectivity index (χ2v) is 2.81. The predicted octanol–water partition coefficient (Wildman–Crippen LogP) is -0.449. The average molecular weight is 154 g/mol. The molecule has 1 fully saturated rings. The summed E-state index contributed by atoms with van der Waals surface area (Å²) in [5.41, 5.74) is 0. The molecule has 2 aliphatic rings. The summed E-state index contributed by atoms with van der Waals surface area (Å²) in [7, 11) is 0. The SMILES string of the molecule is O=C1CN=C(C2CCOC2)N1. The van der Waals surface area contributed by atoms with Crippen molar-refractivity contribution >= 4 is 11.7 Å². The molecule has 0 bridgehead atoms. The highest BCUT2D eigenvalue weighted by atomic mass is 16.5. The van der Waals surface area contributed by atoms with E-state index < -0.39 is 0 Å². The third kappa shape index (κ3) is 1.26. The fraction of sp³-hybridized carbons (Fsp3) is 0.714. The van der Waals surface area contributed by atoms with Gasteiger partial charge in [0.25, 0.3) is 0 Å². The molecule has 11 heavy (non-hydrogen) atoms. The van der Waals surface area contributed by atoms with E-state index in [-0.39, 0.29) is 5.91 Å². The van der Waals surface area contributed by atoms with Crippen LogP contribution in [0.3, 0.4) is 0 Å². The van der Waals surface area contributed by atoms with E-state index in [9.17, 15) is 4.79 Å². The van der Waals surface area contributed by atoms with Crippen LogP contribution in [-0.4, -0.2) is 31.5 Å². The van der Waals surface area contributed by atoms with Crippen LogP contribution in [0.4, 0.5) is 0 Å². The monoisotopic (exact) mass is 154 g/mol. The summed E-state index contributed by atoms with van der Waals surface area (Å²) in [6.07, 6.45) is 0.985. The molecule has 60 valence electrons. The number of aliphatic imine (C=N–C) groups is 1. The minimum Gasteiger partial charge on any atom is -0.381 e. The van der Waals surface area contributed by atoms with Crippen LogP contribution in [0.5, 0.6) is 0 Å². The topological polar surface area (TPSA) is 50.7 Å². The first kappa shape index (κ1) is 6.79. The van der Waals surface area contributed by atoms with Gasteiger partial charge in [0.05, 0.1) is 6.61 Å². The molecule has 0 radical (unpaired) electrons. The standard InChI is InChI=1S/C7H10N2O2/c10-6-3-8-7(9-6)5-1-2-11-4-5/h5H,1-4H2,(H,8,9,10). The van der Waals surface area contributed by atoms with Crippen LogP contribution in [-0.2, 0) is 9.53 Å². The van der Waals surface area contributed by atoms with Gasteiger partial charge in [0.1, 0.15) is 12.4 Å². The summed E-state index contributed by atoms with van der Waals surface area (Å²) in [5.74, 6) is 1.17. The molecular weight excluding hydrogens is 144 g/mol. The Morgan fingerprint density at radius 2 is 2.55 bits per heavy atom. The van der Waals surface area contributed by atoms with E-state index in [0.29, 0.717) is 19.1 Å². The zero-order valence-electron chi connectivity index (χ0n) is 6.17. The maximum absolute atomic E-state index is 10.7. The van der Waals surface area contributed by atoms with Gasteiger partial charge in [-0.15, -0.1) is 0 Å². The minimum absolute atomic E-state index is 0.00639. The number of amidine groups is 1. The smallest absolute Gasteiger partial charge is 0.247 e. The van der Waals surface area contributed by atoms with Gasteiger partial charge in [0, 0.05) is 12.5 Å². The van der Waals surface area contributed by atoms with Crippen molar-refractivity contribution < 1.29 is 9.53 Å². The van der Waals surface area contributed by atoms with E-state index in [0.717, 1.165) is 18.9 Å². The van der Waals surface area contributed by atoms with Gasteiger partial charge in [-0.05, 0) is 6.42 Å². The van der Waals surface area contributed by atoms with E-state index in [4.69, 9.17) is 4.74 Å². The van der Waals surface area contributed by atoms with Crippen molar-refractivity contribution in [2.75, 3.05) is 19.8 Å². The van der Waals surface area contributed by atoms with E-state index >= 15 is 0 Å². The molecule has 1 amide bonds. The molecule has 0 aromatic heterocycles. The van der Waals surface area contributed by atoms with Crippen molar-refractivity contribution in [1.82, 2.24) is 5.32 Å². The molecule has 2 heterocycles. The number of rotatable bonds is 1. The van der Waals surface area contributed by atoms with Crippen molar-refractivity contribution in [3.05, 3.63) is 0 Å². The van der Waals surface area contributed by atoms with Crippen LogP contribution in [0.1, 0.15) is 6.42 Å². The van der Waals surface area contributed by atoms with Crippen molar-refractivity contribution in [2.45, 2.75) is 6.42 Å². The molecule has 1 saturated heterocycles. The van der Waals surface area contributed by atoms with Gasteiger partial charge in [-0.1, -0.05) is 0 Å². The molecule has 2 rings (SSSR count). The molecule has 0 aromatic carbocycles. The number of nitrogens with zero attached hydrogens (tertiary/aromatic N) is 1. The molecule has 1 atom stereocenters. The number of carbonyl (C=O) groups is 1. The largest absolute Gasteiger partial charge is 0.381 e. The van der Waals surface area contributed by atoms with Crippen LogP contribution in [0, 0.1) is 5.92 Å². The molecule has 4 nitrogen and oxygen atoms in total. The van der Waals surface area contributed by atoms with Crippen molar-refractivity contribution in [1.29, 1.82) is 0 Å². The Balaban J connectivity index is 1.99. The number of hydrogen-bond acceptors (Lipinski definition) is 3. The first-order chi connectivity index (χ1) is 5.36. The Hall–Kier alpha value is -0.900. The molecule has 0 spiro atoms. The highest BCUT2D eigenvalue weighted by molar-refractivity contribution is 6.05. The van der Waals surface area contributed by atoms with Gasteiger partial charge in [-0.2, -0.15) is 0 Å². The summed E-state index contributed by atoms with van der Waals surface area (Å²) in [6, 6.07) is 0. The Labute approximate surface area is 64.6 Å². The quantitative estimate of drug-likeness (QED) is 0.556. The second-order valence-electron chi connectivity index (χ2n) is 2.81. The van der Waals surface area contributed by atoms with Crippen LogP contribution in [0.15, 0.2) is 4.99 Å². The van der Waals surface area contributed by atoms with E-state index in [1.807, 2.05) is 0 Å². The van der Waals surface area contributed by atoms with Crippen LogP contribution in [0.2, 0.25) is 0 Å². The average Bonchev–Trinajstić information content (AvgIpc) is 2.55. The molecule has 0 aromatic rings. The van der Waals surface area contributed by atoms with Gasteiger partial charge < -0.3 is 10.1 Å². The lowest BCUT2D eigenvalue weighted by Gasteiger charge is -2.05. The van der Waals surface area contributed by atoms with Crippen LogP contribution in [0.25, 0.3) is 0 Å². The lowest BCUT2D eigenvalue weighted by atomic mass is 10.1. The van der Waals surface area contributed by atoms with E-state index in [1.165, 1.54) is 0 Å². The summed E-state index contributed by atoms with van der Waals surface area (Å²) in [4.78, 5) is 14.8. The van der Waals surface area contributed by atoms with Crippen molar-refractivity contribution in [2.24, 2.45) is 10.9 Å². The highest BCUT2D eigenvalue weighted by Crippen LogP contribution is 2.14.